The molecule has 110 valence electrons. The van der Waals surface area contributed by atoms with Gasteiger partial charge in [-0.25, -0.2) is 0 Å². The number of carbonyl (C=O) groups excluding carboxylic acids is 1. The zero-order chi connectivity index (χ0) is 14.4. The second-order valence-electron chi connectivity index (χ2n) is 5.74. The molecule has 1 aromatic rings. The molecule has 1 heterocycles. The van der Waals surface area contributed by atoms with Crippen LogP contribution in [-0.2, 0) is 4.74 Å². The first-order chi connectivity index (χ1) is 9.66. The summed E-state index contributed by atoms with van der Waals surface area (Å²) in [6.07, 6.45) is 4.53. The van der Waals surface area contributed by atoms with Gasteiger partial charge in [-0.3, -0.25) is 4.79 Å². The third-order valence-electron chi connectivity index (χ3n) is 3.96. The van der Waals surface area contributed by atoms with Crippen molar-refractivity contribution in [3.05, 3.63) is 35.4 Å². The summed E-state index contributed by atoms with van der Waals surface area (Å²) in [6.45, 7) is 4.61. The fraction of sp³-hybridized carbons (Fsp3) is 0.588. The highest BCUT2D eigenvalue weighted by Crippen LogP contribution is 2.14. The van der Waals surface area contributed by atoms with Crippen LogP contribution < -0.4 is 0 Å². The van der Waals surface area contributed by atoms with E-state index in [1.165, 1.54) is 12.8 Å². The largest absolute Gasteiger partial charge is 0.377 e. The highest BCUT2D eigenvalue weighted by atomic mass is 16.5. The number of likely N-dealkylation sites (N-methyl/N-ethyl adjacent to an activating group) is 1. The predicted octanol–water partition coefficient (Wildman–Crippen LogP) is 3.07. The lowest BCUT2D eigenvalue weighted by atomic mass is 10.0. The maximum Gasteiger partial charge on any atom is 0.164 e. The summed E-state index contributed by atoms with van der Waals surface area (Å²) in [5.74, 6) is 0.236. The molecule has 3 heteroatoms. The van der Waals surface area contributed by atoms with Gasteiger partial charge in [0.05, 0.1) is 6.10 Å². The minimum absolute atomic E-state index is 0.236. The first kappa shape index (κ1) is 15.2. The highest BCUT2D eigenvalue weighted by Gasteiger charge is 2.16. The van der Waals surface area contributed by atoms with Gasteiger partial charge in [0.2, 0.25) is 0 Å². The number of carbonyl (C=O) groups is 1. The molecule has 2 rings (SSSR count). The van der Waals surface area contributed by atoms with E-state index in [0.717, 1.165) is 37.2 Å². The Morgan fingerprint density at radius 3 is 2.85 bits per heavy atom. The quantitative estimate of drug-likeness (QED) is 0.747. The van der Waals surface area contributed by atoms with Gasteiger partial charge in [-0.05, 0) is 38.8 Å². The van der Waals surface area contributed by atoms with Gasteiger partial charge in [-0.2, -0.15) is 0 Å². The van der Waals surface area contributed by atoms with Crippen LogP contribution >= 0.6 is 0 Å². The van der Waals surface area contributed by atoms with Gasteiger partial charge in [-0.15, -0.1) is 0 Å². The minimum Gasteiger partial charge on any atom is -0.377 e. The number of ether oxygens (including phenoxy) is 1. The van der Waals surface area contributed by atoms with Gasteiger partial charge in [0.25, 0.3) is 0 Å². The second kappa shape index (κ2) is 7.55. The molecule has 0 N–H and O–H groups in total. The number of hydrogen-bond acceptors (Lipinski definition) is 3. The lowest BCUT2D eigenvalue weighted by Gasteiger charge is -2.27. The molecule has 1 aliphatic rings. The molecule has 1 aromatic carbocycles. The molecule has 0 aromatic heterocycles. The van der Waals surface area contributed by atoms with Crippen LogP contribution in [0.15, 0.2) is 24.3 Å². The van der Waals surface area contributed by atoms with Crippen molar-refractivity contribution >= 4 is 5.78 Å². The molecule has 1 aliphatic heterocycles. The van der Waals surface area contributed by atoms with Crippen molar-refractivity contribution in [2.45, 2.75) is 38.7 Å². The van der Waals surface area contributed by atoms with E-state index in [9.17, 15) is 4.79 Å². The lowest BCUT2D eigenvalue weighted by molar-refractivity contribution is -0.00144. The maximum atomic E-state index is 12.2. The van der Waals surface area contributed by atoms with E-state index in [1.54, 1.807) is 0 Å². The second-order valence-corrected chi connectivity index (χ2v) is 5.74. The molecule has 0 radical (unpaired) electrons. The van der Waals surface area contributed by atoms with Crippen LogP contribution in [0.5, 0.6) is 0 Å². The number of hydrogen-bond donors (Lipinski definition) is 0. The van der Waals surface area contributed by atoms with Gasteiger partial charge < -0.3 is 9.64 Å². The average Bonchev–Trinajstić information content (AvgIpc) is 2.46. The van der Waals surface area contributed by atoms with Gasteiger partial charge in [-0.1, -0.05) is 24.3 Å². The van der Waals surface area contributed by atoms with E-state index in [-0.39, 0.29) is 5.78 Å². The van der Waals surface area contributed by atoms with Crippen LogP contribution in [0.1, 0.15) is 41.6 Å². The molecule has 20 heavy (non-hydrogen) atoms. The van der Waals surface area contributed by atoms with E-state index in [0.29, 0.717) is 12.5 Å². The van der Waals surface area contributed by atoms with Crippen molar-refractivity contribution in [3.8, 4) is 0 Å². The van der Waals surface area contributed by atoms with Crippen molar-refractivity contribution in [1.82, 2.24) is 4.90 Å². The molecule has 0 spiro atoms. The molecule has 3 nitrogen and oxygen atoms in total. The van der Waals surface area contributed by atoms with Crippen LogP contribution in [0.2, 0.25) is 0 Å². The Morgan fingerprint density at radius 1 is 1.35 bits per heavy atom. The summed E-state index contributed by atoms with van der Waals surface area (Å²) in [5, 5.41) is 0. The molecule has 1 fully saturated rings. The van der Waals surface area contributed by atoms with E-state index < -0.39 is 0 Å². The average molecular weight is 275 g/mol. The fourth-order valence-corrected chi connectivity index (χ4v) is 2.70. The van der Waals surface area contributed by atoms with Gasteiger partial charge >= 0.3 is 0 Å². The van der Waals surface area contributed by atoms with Crippen molar-refractivity contribution in [3.63, 3.8) is 0 Å². The molecule has 1 saturated heterocycles. The smallest absolute Gasteiger partial charge is 0.164 e. The Hall–Kier alpha value is -1.19. The van der Waals surface area contributed by atoms with Gasteiger partial charge in [0.15, 0.2) is 5.78 Å². The van der Waals surface area contributed by atoms with E-state index in [4.69, 9.17) is 4.74 Å². The lowest BCUT2D eigenvalue weighted by Crippen LogP contribution is -2.34. The molecule has 0 amide bonds. The monoisotopic (exact) mass is 275 g/mol. The van der Waals surface area contributed by atoms with E-state index >= 15 is 0 Å². The highest BCUT2D eigenvalue weighted by molar-refractivity contribution is 5.97. The van der Waals surface area contributed by atoms with Gasteiger partial charge in [0.1, 0.15) is 0 Å². The van der Waals surface area contributed by atoms with Crippen molar-refractivity contribution in [2.75, 3.05) is 26.7 Å². The normalized spacial score (nSPS) is 19.2. The third kappa shape index (κ3) is 4.43. The number of aryl methyl sites for hydroxylation is 1. The number of Topliss-reactive ketones (excluding diaryl/α,β-unsaturated/α-hetero) is 1. The van der Waals surface area contributed by atoms with Crippen LogP contribution in [-0.4, -0.2) is 43.5 Å². The number of ketones is 1. The SMILES string of the molecule is Cc1ccccc1C(=O)CCN(C)CC1CCCCO1. The summed E-state index contributed by atoms with van der Waals surface area (Å²) in [7, 11) is 2.07. The molecular weight excluding hydrogens is 250 g/mol. The summed E-state index contributed by atoms with van der Waals surface area (Å²) < 4.78 is 5.73. The van der Waals surface area contributed by atoms with Crippen molar-refractivity contribution < 1.29 is 9.53 Å². The molecule has 1 atom stereocenters. The first-order valence-corrected chi connectivity index (χ1v) is 7.56. The molecule has 0 aliphatic carbocycles. The van der Waals surface area contributed by atoms with Crippen molar-refractivity contribution in [1.29, 1.82) is 0 Å². The molecule has 1 unspecified atom stereocenters. The zero-order valence-corrected chi connectivity index (χ0v) is 12.6. The number of nitrogens with zero attached hydrogens (tertiary/aromatic N) is 1. The summed E-state index contributed by atoms with van der Waals surface area (Å²) in [4.78, 5) is 14.4. The molecule has 0 saturated carbocycles. The summed E-state index contributed by atoms with van der Waals surface area (Å²) >= 11 is 0. The number of benzene rings is 1. The Morgan fingerprint density at radius 2 is 2.15 bits per heavy atom. The third-order valence-corrected chi connectivity index (χ3v) is 3.96. The Bertz CT molecular complexity index is 438. The topological polar surface area (TPSA) is 29.5 Å². The first-order valence-electron chi connectivity index (χ1n) is 7.56. The summed E-state index contributed by atoms with van der Waals surface area (Å²) in [6, 6.07) is 7.81. The zero-order valence-electron chi connectivity index (χ0n) is 12.6. The van der Waals surface area contributed by atoms with Crippen LogP contribution in [0.4, 0.5) is 0 Å². The standard InChI is InChI=1S/C17H25NO2/c1-14-7-3-4-9-16(14)17(19)10-11-18(2)13-15-8-5-6-12-20-15/h3-4,7,9,15H,5-6,8,10-13H2,1-2H3. The van der Waals surface area contributed by atoms with Crippen molar-refractivity contribution in [2.24, 2.45) is 0 Å². The Labute approximate surface area is 121 Å². The Kier molecular flexibility index (Phi) is 5.74. The predicted molar refractivity (Wildman–Crippen MR) is 81.2 cm³/mol. The fourth-order valence-electron chi connectivity index (χ4n) is 2.70. The molecular formula is C17H25NO2. The van der Waals surface area contributed by atoms with Crippen LogP contribution in [0, 0.1) is 6.92 Å². The Balaban J connectivity index is 1.76. The summed E-state index contributed by atoms with van der Waals surface area (Å²) in [5.41, 5.74) is 1.92. The maximum absolute atomic E-state index is 12.2. The van der Waals surface area contributed by atoms with Crippen LogP contribution in [0.3, 0.4) is 0 Å². The van der Waals surface area contributed by atoms with Gasteiger partial charge in [0, 0.05) is 31.7 Å². The van der Waals surface area contributed by atoms with E-state index in [2.05, 4.69) is 11.9 Å². The van der Waals surface area contributed by atoms with E-state index in [1.807, 2.05) is 31.2 Å². The molecule has 0 bridgehead atoms. The number of rotatable bonds is 6. The van der Waals surface area contributed by atoms with Crippen LogP contribution in [0.25, 0.3) is 0 Å². The minimum atomic E-state index is 0.236.